The third-order valence-electron chi connectivity index (χ3n) is 4.08. The predicted octanol–water partition coefficient (Wildman–Crippen LogP) is 3.78. The molecule has 2 heterocycles. The lowest BCUT2D eigenvalue weighted by molar-refractivity contribution is -0.285. The van der Waals surface area contributed by atoms with Crippen LogP contribution in [0.1, 0.15) is 21.3 Å². The topological polar surface area (TPSA) is 61.4 Å². The molecule has 0 spiro atoms. The first kappa shape index (κ1) is 19.3. The molecule has 0 unspecified atom stereocenters. The molecule has 1 aliphatic heterocycles. The molecule has 1 aliphatic rings. The number of alkyl halides is 3. The van der Waals surface area contributed by atoms with E-state index < -0.39 is 29.6 Å². The van der Waals surface area contributed by atoms with Crippen molar-refractivity contribution in [1.82, 2.24) is 10.6 Å². The minimum absolute atomic E-state index is 0.121. The molecule has 1 fully saturated rings. The molecular formula is C16H12BrF3N2O2S2. The summed E-state index contributed by atoms with van der Waals surface area (Å²) in [4.78, 5) is 13.0. The lowest BCUT2D eigenvalue weighted by atomic mass is 9.79. The van der Waals surface area contributed by atoms with Crippen molar-refractivity contribution in [2.24, 2.45) is 5.92 Å². The first-order valence-corrected chi connectivity index (χ1v) is 9.42. The van der Waals surface area contributed by atoms with Gasteiger partial charge in [-0.25, -0.2) is 0 Å². The van der Waals surface area contributed by atoms with Crippen molar-refractivity contribution in [2.75, 3.05) is 0 Å². The summed E-state index contributed by atoms with van der Waals surface area (Å²) in [5.41, 5.74) is -3.09. The summed E-state index contributed by atoms with van der Waals surface area (Å²) >= 11 is 9.14. The molecule has 3 rings (SSSR count). The van der Waals surface area contributed by atoms with Crippen LogP contribution in [0.2, 0.25) is 0 Å². The number of ketones is 1. The Labute approximate surface area is 164 Å². The number of nitrogens with one attached hydrogen (secondary N) is 2. The van der Waals surface area contributed by atoms with Crippen LogP contribution in [0.4, 0.5) is 13.2 Å². The summed E-state index contributed by atoms with van der Waals surface area (Å²) in [7, 11) is 0. The zero-order valence-electron chi connectivity index (χ0n) is 12.9. The van der Waals surface area contributed by atoms with Crippen molar-refractivity contribution in [2.45, 2.75) is 17.9 Å². The fourth-order valence-corrected chi connectivity index (χ4v) is 4.11. The van der Waals surface area contributed by atoms with Gasteiger partial charge in [0.25, 0.3) is 0 Å². The van der Waals surface area contributed by atoms with Gasteiger partial charge in [-0.05, 0) is 41.4 Å². The number of Topliss-reactive ketones (excluding diaryl/α,β-unsaturated/α-hetero) is 1. The van der Waals surface area contributed by atoms with Crippen LogP contribution < -0.4 is 10.6 Å². The number of halogens is 4. The summed E-state index contributed by atoms with van der Waals surface area (Å²) in [6, 6.07) is 8.26. The highest BCUT2D eigenvalue weighted by Crippen LogP contribution is 2.44. The van der Waals surface area contributed by atoms with E-state index in [1.54, 1.807) is 35.7 Å². The van der Waals surface area contributed by atoms with Crippen LogP contribution in [-0.4, -0.2) is 27.9 Å². The van der Waals surface area contributed by atoms with Crippen LogP contribution in [0.25, 0.3) is 0 Å². The minimum atomic E-state index is -5.12. The van der Waals surface area contributed by atoms with Crippen LogP contribution >= 0.6 is 39.5 Å². The number of thiophene rings is 1. The van der Waals surface area contributed by atoms with Gasteiger partial charge < -0.3 is 15.7 Å². The Morgan fingerprint density at radius 2 is 1.92 bits per heavy atom. The van der Waals surface area contributed by atoms with Crippen molar-refractivity contribution in [3.8, 4) is 0 Å². The molecule has 2 aromatic rings. The standard InChI is InChI=1S/C16H12BrF3N2O2S2/c17-9-5-3-8(4-6-9)12-11(13(23)10-2-1-7-26-10)15(24,16(18,19)20)22-14(25)21-12/h1-7,11-12,24H,(H2,21,22,25)/t11-,12-,15-/m0/s1. The third kappa shape index (κ3) is 3.38. The van der Waals surface area contributed by atoms with Crippen LogP contribution in [0, 0.1) is 5.92 Å². The van der Waals surface area contributed by atoms with E-state index >= 15 is 0 Å². The normalized spacial score (nSPS) is 26.1. The van der Waals surface area contributed by atoms with Gasteiger partial charge in [0, 0.05) is 4.47 Å². The summed E-state index contributed by atoms with van der Waals surface area (Å²) in [5.74, 6) is -2.69. The zero-order valence-corrected chi connectivity index (χ0v) is 16.1. The number of benzene rings is 1. The van der Waals surface area contributed by atoms with E-state index in [2.05, 4.69) is 21.2 Å². The third-order valence-corrected chi connectivity index (χ3v) is 5.71. The quantitative estimate of drug-likeness (QED) is 0.476. The van der Waals surface area contributed by atoms with Gasteiger partial charge in [0.05, 0.1) is 10.9 Å². The van der Waals surface area contributed by atoms with E-state index in [1.807, 2.05) is 5.32 Å². The second-order valence-electron chi connectivity index (χ2n) is 5.71. The van der Waals surface area contributed by atoms with Gasteiger partial charge in [-0.3, -0.25) is 4.79 Å². The number of carbonyl (C=O) groups excluding carboxylic acids is 1. The second-order valence-corrected chi connectivity index (χ2v) is 7.98. The monoisotopic (exact) mass is 464 g/mol. The second kappa shape index (κ2) is 6.91. The molecule has 1 saturated heterocycles. The van der Waals surface area contributed by atoms with Gasteiger partial charge in [0.2, 0.25) is 5.72 Å². The average molecular weight is 465 g/mol. The van der Waals surface area contributed by atoms with Crippen LogP contribution in [0.15, 0.2) is 46.3 Å². The molecule has 4 nitrogen and oxygen atoms in total. The fraction of sp³-hybridized carbons (Fsp3) is 0.250. The molecular weight excluding hydrogens is 453 g/mol. The van der Waals surface area contributed by atoms with E-state index in [0.29, 0.717) is 5.56 Å². The zero-order chi connectivity index (χ0) is 19.1. The molecule has 0 saturated carbocycles. The van der Waals surface area contributed by atoms with Gasteiger partial charge >= 0.3 is 6.18 Å². The van der Waals surface area contributed by atoms with Crippen LogP contribution in [0.3, 0.4) is 0 Å². The smallest absolute Gasteiger partial charge is 0.363 e. The van der Waals surface area contributed by atoms with E-state index in [4.69, 9.17) is 12.2 Å². The van der Waals surface area contributed by atoms with Gasteiger partial charge in [-0.2, -0.15) is 13.2 Å². The lowest BCUT2D eigenvalue weighted by Gasteiger charge is -2.46. The predicted molar refractivity (Wildman–Crippen MR) is 98.9 cm³/mol. The van der Waals surface area contributed by atoms with Gasteiger partial charge in [0.15, 0.2) is 10.9 Å². The van der Waals surface area contributed by atoms with Gasteiger partial charge in [0.1, 0.15) is 5.92 Å². The number of aliphatic hydroxyl groups is 1. The van der Waals surface area contributed by atoms with E-state index in [1.165, 1.54) is 6.07 Å². The van der Waals surface area contributed by atoms with Crippen molar-refractivity contribution >= 4 is 50.4 Å². The number of hydrogen-bond acceptors (Lipinski definition) is 4. The first-order chi connectivity index (χ1) is 12.1. The van der Waals surface area contributed by atoms with Crippen LogP contribution in [0.5, 0.6) is 0 Å². The molecule has 10 heteroatoms. The lowest BCUT2D eigenvalue weighted by Crippen LogP contribution is -2.72. The Morgan fingerprint density at radius 3 is 2.46 bits per heavy atom. The number of hydrogen-bond donors (Lipinski definition) is 3. The molecule has 26 heavy (non-hydrogen) atoms. The molecule has 3 N–H and O–H groups in total. The highest BCUT2D eigenvalue weighted by molar-refractivity contribution is 9.10. The molecule has 1 aromatic heterocycles. The Bertz CT molecular complexity index is 827. The van der Waals surface area contributed by atoms with Crippen LogP contribution in [-0.2, 0) is 0 Å². The Morgan fingerprint density at radius 1 is 1.27 bits per heavy atom. The molecule has 0 amide bonds. The molecule has 0 radical (unpaired) electrons. The maximum atomic E-state index is 13.7. The molecule has 0 aliphatic carbocycles. The molecule has 138 valence electrons. The largest absolute Gasteiger partial charge is 0.437 e. The highest BCUT2D eigenvalue weighted by atomic mass is 79.9. The summed E-state index contributed by atoms with van der Waals surface area (Å²) < 4.78 is 42.0. The fourth-order valence-electron chi connectivity index (χ4n) is 2.86. The van der Waals surface area contributed by atoms with E-state index in [9.17, 15) is 23.1 Å². The van der Waals surface area contributed by atoms with Gasteiger partial charge in [-0.1, -0.05) is 34.1 Å². The minimum Gasteiger partial charge on any atom is -0.363 e. The highest BCUT2D eigenvalue weighted by Gasteiger charge is 2.65. The molecule has 0 bridgehead atoms. The Balaban J connectivity index is 2.14. The van der Waals surface area contributed by atoms with Gasteiger partial charge in [-0.15, -0.1) is 11.3 Å². The number of rotatable bonds is 3. The maximum Gasteiger partial charge on any atom is 0.437 e. The Hall–Kier alpha value is -1.49. The first-order valence-electron chi connectivity index (χ1n) is 7.34. The van der Waals surface area contributed by atoms with E-state index in [-0.39, 0.29) is 9.99 Å². The van der Waals surface area contributed by atoms with Crippen molar-refractivity contribution in [1.29, 1.82) is 0 Å². The van der Waals surface area contributed by atoms with Crippen molar-refractivity contribution < 1.29 is 23.1 Å². The van der Waals surface area contributed by atoms with Crippen molar-refractivity contribution in [3.63, 3.8) is 0 Å². The van der Waals surface area contributed by atoms with Crippen molar-refractivity contribution in [3.05, 3.63) is 56.7 Å². The Kier molecular flexibility index (Phi) is 5.13. The SMILES string of the molecule is O=C(c1cccs1)[C@@H]1[C@H](c2ccc(Br)cc2)NC(=S)N[C@@]1(O)C(F)(F)F. The average Bonchev–Trinajstić information content (AvgIpc) is 3.08. The summed E-state index contributed by atoms with van der Waals surface area (Å²) in [5, 5.41) is 16.3. The van der Waals surface area contributed by atoms with E-state index in [0.717, 1.165) is 15.8 Å². The summed E-state index contributed by atoms with van der Waals surface area (Å²) in [6.07, 6.45) is -5.12. The molecule has 3 atom stereocenters. The summed E-state index contributed by atoms with van der Waals surface area (Å²) in [6.45, 7) is 0. The number of carbonyl (C=O) groups is 1. The number of thiocarbonyl (C=S) groups is 1. The molecule has 1 aromatic carbocycles. The maximum absolute atomic E-state index is 13.7.